The van der Waals surface area contributed by atoms with Crippen molar-refractivity contribution < 1.29 is 4.74 Å². The molecule has 0 amide bonds. The Morgan fingerprint density at radius 1 is 1.29 bits per heavy atom. The molecule has 0 saturated heterocycles. The summed E-state index contributed by atoms with van der Waals surface area (Å²) >= 11 is 1.85. The summed E-state index contributed by atoms with van der Waals surface area (Å²) in [4.78, 5) is 2.73. The van der Waals surface area contributed by atoms with Crippen molar-refractivity contribution in [2.45, 2.75) is 46.8 Å². The van der Waals surface area contributed by atoms with Crippen LogP contribution in [-0.2, 0) is 17.9 Å². The summed E-state index contributed by atoms with van der Waals surface area (Å²) in [6.45, 7) is 10.3. The van der Waals surface area contributed by atoms with E-state index in [1.54, 1.807) is 0 Å². The number of rotatable bonds is 9. The molecule has 0 aliphatic rings. The van der Waals surface area contributed by atoms with Gasteiger partial charge in [-0.25, -0.2) is 0 Å². The Morgan fingerprint density at radius 3 is 2.76 bits per heavy atom. The van der Waals surface area contributed by atoms with Crippen molar-refractivity contribution in [3.63, 3.8) is 0 Å². The van der Waals surface area contributed by atoms with Crippen LogP contribution < -0.4 is 5.32 Å². The summed E-state index contributed by atoms with van der Waals surface area (Å²) in [6, 6.07) is 4.38. The minimum atomic E-state index is 0.682. The maximum Gasteiger partial charge on any atom is 0.0809 e. The van der Waals surface area contributed by atoms with Gasteiger partial charge in [0.05, 0.1) is 6.61 Å². The van der Waals surface area contributed by atoms with E-state index in [2.05, 4.69) is 38.2 Å². The molecule has 0 radical (unpaired) electrons. The Bertz CT molecular complexity index is 298. The first-order valence-corrected chi connectivity index (χ1v) is 7.44. The minimum Gasteiger partial charge on any atom is -0.376 e. The zero-order valence-electron chi connectivity index (χ0n) is 11.3. The van der Waals surface area contributed by atoms with Crippen molar-refractivity contribution >= 4 is 11.3 Å². The van der Waals surface area contributed by atoms with E-state index >= 15 is 0 Å². The highest BCUT2D eigenvalue weighted by molar-refractivity contribution is 7.11. The molecule has 17 heavy (non-hydrogen) atoms. The third kappa shape index (κ3) is 6.20. The highest BCUT2D eigenvalue weighted by Gasteiger charge is 2.03. The van der Waals surface area contributed by atoms with Crippen LogP contribution in [0.3, 0.4) is 0 Å². The fraction of sp³-hybridized carbons (Fsp3) is 0.714. The summed E-state index contributed by atoms with van der Waals surface area (Å²) in [5.74, 6) is 0.682. The molecule has 1 aromatic heterocycles. The largest absolute Gasteiger partial charge is 0.376 e. The van der Waals surface area contributed by atoms with E-state index in [-0.39, 0.29) is 0 Å². The summed E-state index contributed by atoms with van der Waals surface area (Å²) in [6.07, 6.45) is 2.51. The van der Waals surface area contributed by atoms with E-state index in [4.69, 9.17) is 4.74 Å². The van der Waals surface area contributed by atoms with Gasteiger partial charge in [0, 0.05) is 22.9 Å². The van der Waals surface area contributed by atoms with Gasteiger partial charge in [-0.15, -0.1) is 11.3 Å². The number of thiophene rings is 1. The quantitative estimate of drug-likeness (QED) is 0.724. The fourth-order valence-electron chi connectivity index (χ4n) is 1.78. The molecule has 0 aliphatic heterocycles. The van der Waals surface area contributed by atoms with Crippen LogP contribution in [0, 0.1) is 5.92 Å². The van der Waals surface area contributed by atoms with Crippen LogP contribution >= 0.6 is 11.3 Å². The standard InChI is InChI=1S/C14H25NOS/c1-4-6-12(3)10-16-11-14-8-7-13(17-14)9-15-5-2/h7-8,12,15H,4-6,9-11H2,1-3H3. The number of nitrogens with one attached hydrogen (secondary N) is 1. The van der Waals surface area contributed by atoms with Gasteiger partial charge in [0.15, 0.2) is 0 Å². The van der Waals surface area contributed by atoms with Crippen LogP contribution in [-0.4, -0.2) is 13.2 Å². The summed E-state index contributed by atoms with van der Waals surface area (Å²) in [5, 5.41) is 3.34. The molecule has 0 saturated carbocycles. The van der Waals surface area contributed by atoms with Crippen LogP contribution in [0.4, 0.5) is 0 Å². The lowest BCUT2D eigenvalue weighted by atomic mass is 10.1. The molecule has 1 atom stereocenters. The van der Waals surface area contributed by atoms with Gasteiger partial charge in [-0.3, -0.25) is 0 Å². The van der Waals surface area contributed by atoms with Crippen LogP contribution in [0.5, 0.6) is 0 Å². The van der Waals surface area contributed by atoms with Gasteiger partial charge in [-0.1, -0.05) is 27.2 Å². The minimum absolute atomic E-state index is 0.682. The molecule has 0 fully saturated rings. The van der Waals surface area contributed by atoms with E-state index < -0.39 is 0 Å². The van der Waals surface area contributed by atoms with Gasteiger partial charge in [0.2, 0.25) is 0 Å². The second kappa shape index (κ2) is 8.67. The molecule has 1 heterocycles. The fourth-order valence-corrected chi connectivity index (χ4v) is 2.71. The molecule has 98 valence electrons. The van der Waals surface area contributed by atoms with Crippen molar-refractivity contribution in [1.29, 1.82) is 0 Å². The first-order valence-electron chi connectivity index (χ1n) is 6.62. The van der Waals surface area contributed by atoms with Crippen LogP contribution in [0.15, 0.2) is 12.1 Å². The van der Waals surface area contributed by atoms with E-state index in [0.29, 0.717) is 5.92 Å². The average Bonchev–Trinajstić information content (AvgIpc) is 2.75. The monoisotopic (exact) mass is 255 g/mol. The first-order chi connectivity index (χ1) is 8.26. The van der Waals surface area contributed by atoms with E-state index in [1.807, 2.05) is 11.3 Å². The predicted octanol–water partition coefficient (Wildman–Crippen LogP) is 3.81. The number of ether oxygens (including phenoxy) is 1. The SMILES string of the molecule is CCCC(C)COCc1ccc(CNCC)s1. The Balaban J connectivity index is 2.20. The Hall–Kier alpha value is -0.380. The Kier molecular flexibility index (Phi) is 7.49. The molecule has 2 nitrogen and oxygen atoms in total. The molecule has 3 heteroatoms. The van der Waals surface area contributed by atoms with Gasteiger partial charge < -0.3 is 10.1 Å². The van der Waals surface area contributed by atoms with Crippen molar-refractivity contribution in [1.82, 2.24) is 5.32 Å². The summed E-state index contributed by atoms with van der Waals surface area (Å²) in [7, 11) is 0. The second-order valence-corrected chi connectivity index (χ2v) is 5.81. The lowest BCUT2D eigenvalue weighted by Gasteiger charge is -2.09. The third-order valence-corrected chi connectivity index (χ3v) is 3.75. The molecular weight excluding hydrogens is 230 g/mol. The molecular formula is C14H25NOS. The molecule has 0 aliphatic carbocycles. The third-order valence-electron chi connectivity index (χ3n) is 2.69. The Morgan fingerprint density at radius 2 is 2.06 bits per heavy atom. The van der Waals surface area contributed by atoms with Gasteiger partial charge in [0.1, 0.15) is 0 Å². The maximum atomic E-state index is 5.74. The van der Waals surface area contributed by atoms with E-state index in [1.165, 1.54) is 22.6 Å². The van der Waals surface area contributed by atoms with Crippen molar-refractivity contribution in [3.05, 3.63) is 21.9 Å². The van der Waals surface area contributed by atoms with Gasteiger partial charge in [-0.2, -0.15) is 0 Å². The lowest BCUT2D eigenvalue weighted by Crippen LogP contribution is -2.10. The smallest absolute Gasteiger partial charge is 0.0809 e. The number of hydrogen-bond donors (Lipinski definition) is 1. The molecule has 1 unspecified atom stereocenters. The van der Waals surface area contributed by atoms with Gasteiger partial charge in [-0.05, 0) is 31.0 Å². The number of hydrogen-bond acceptors (Lipinski definition) is 3. The highest BCUT2D eigenvalue weighted by atomic mass is 32.1. The second-order valence-electron chi connectivity index (χ2n) is 4.56. The lowest BCUT2D eigenvalue weighted by molar-refractivity contribution is 0.0911. The summed E-state index contributed by atoms with van der Waals surface area (Å²) < 4.78 is 5.74. The normalized spacial score (nSPS) is 12.9. The van der Waals surface area contributed by atoms with E-state index in [9.17, 15) is 0 Å². The highest BCUT2D eigenvalue weighted by Crippen LogP contribution is 2.17. The zero-order valence-corrected chi connectivity index (χ0v) is 12.1. The average molecular weight is 255 g/mol. The van der Waals surface area contributed by atoms with Crippen molar-refractivity contribution in [2.24, 2.45) is 5.92 Å². The van der Waals surface area contributed by atoms with Crippen LogP contribution in [0.25, 0.3) is 0 Å². The van der Waals surface area contributed by atoms with Gasteiger partial charge >= 0.3 is 0 Å². The van der Waals surface area contributed by atoms with E-state index in [0.717, 1.165) is 26.3 Å². The van der Waals surface area contributed by atoms with Crippen molar-refractivity contribution in [2.75, 3.05) is 13.2 Å². The first kappa shape index (κ1) is 14.7. The molecule has 0 aromatic carbocycles. The Labute approximate surface area is 109 Å². The van der Waals surface area contributed by atoms with Crippen LogP contribution in [0.1, 0.15) is 43.4 Å². The topological polar surface area (TPSA) is 21.3 Å². The molecule has 0 spiro atoms. The predicted molar refractivity (Wildman–Crippen MR) is 75.4 cm³/mol. The maximum absolute atomic E-state index is 5.74. The molecule has 1 N–H and O–H groups in total. The van der Waals surface area contributed by atoms with Crippen molar-refractivity contribution in [3.8, 4) is 0 Å². The summed E-state index contributed by atoms with van der Waals surface area (Å²) in [5.41, 5.74) is 0. The zero-order chi connectivity index (χ0) is 12.5. The molecule has 1 aromatic rings. The molecule has 1 rings (SSSR count). The molecule has 0 bridgehead atoms. The van der Waals surface area contributed by atoms with Gasteiger partial charge in [0.25, 0.3) is 0 Å². The van der Waals surface area contributed by atoms with Crippen LogP contribution in [0.2, 0.25) is 0 Å².